The van der Waals surface area contributed by atoms with Gasteiger partial charge in [0.25, 0.3) is 0 Å². The number of phenolic OH excluding ortho intramolecular Hbond substituents is 1. The molecular weight excluding hydrogens is 641 g/mol. The van der Waals surface area contributed by atoms with E-state index in [4.69, 9.17) is 35.9 Å². The van der Waals surface area contributed by atoms with Crippen LogP contribution in [-0.2, 0) is 48.3 Å². The quantitative estimate of drug-likeness (QED) is 0.110. The van der Waals surface area contributed by atoms with Gasteiger partial charge in [-0.1, -0.05) is 103 Å². The minimum absolute atomic E-state index is 0.0553. The molecule has 9 nitrogen and oxygen atoms in total. The summed E-state index contributed by atoms with van der Waals surface area (Å²) in [5.41, 5.74) is 4.30. The van der Waals surface area contributed by atoms with Crippen molar-refractivity contribution in [2.45, 2.75) is 57.2 Å². The lowest BCUT2D eigenvalue weighted by Crippen LogP contribution is -2.51. The minimum atomic E-state index is -0.825. The summed E-state index contributed by atoms with van der Waals surface area (Å²) < 4.78 is 32.0. The normalized spacial score (nSPS) is 22.0. The lowest BCUT2D eigenvalue weighted by molar-refractivity contribution is -0.139. The predicted molar refractivity (Wildman–Crippen MR) is 188 cm³/mol. The van der Waals surface area contributed by atoms with E-state index in [2.05, 4.69) is 10.6 Å². The summed E-state index contributed by atoms with van der Waals surface area (Å²) in [6.45, 7) is 3.08. The zero-order valence-electron chi connectivity index (χ0n) is 27.2. The van der Waals surface area contributed by atoms with E-state index in [1.165, 1.54) is 0 Å². The number of carbonyl (C=O) groups excluding carboxylic acids is 1. The first-order valence-corrected chi connectivity index (χ1v) is 16.8. The van der Waals surface area contributed by atoms with Crippen LogP contribution in [0.15, 0.2) is 127 Å². The number of ether oxygens (including phenoxy) is 5. The molecule has 2 heterocycles. The molecule has 10 heteroatoms. The topological polar surface area (TPSA) is 108 Å². The first-order valence-electron chi connectivity index (χ1n) is 16.4. The van der Waals surface area contributed by atoms with Crippen LogP contribution in [0.5, 0.6) is 5.75 Å². The van der Waals surface area contributed by atoms with Gasteiger partial charge in [0.2, 0.25) is 0 Å². The molecule has 2 aliphatic heterocycles. The molecule has 5 atom stereocenters. The van der Waals surface area contributed by atoms with Gasteiger partial charge in [-0.15, -0.1) is 0 Å². The Morgan fingerprint density at radius 1 is 0.796 bits per heavy atom. The summed E-state index contributed by atoms with van der Waals surface area (Å²) in [4.78, 5) is 13.8. The highest BCUT2D eigenvalue weighted by Gasteiger charge is 2.51. The Bertz CT molecular complexity index is 1720. The highest BCUT2D eigenvalue weighted by Crippen LogP contribution is 2.38. The summed E-state index contributed by atoms with van der Waals surface area (Å²) in [6, 6.07) is 35.6. The van der Waals surface area contributed by atoms with E-state index in [0.717, 1.165) is 16.7 Å². The van der Waals surface area contributed by atoms with Crippen LogP contribution in [0.2, 0.25) is 0 Å². The van der Waals surface area contributed by atoms with Crippen molar-refractivity contribution < 1.29 is 33.6 Å². The standard InChI is InChI=1S/C39H40N2O7S/c1-2-45-38(43)32-33(29-19-12-20-30(42)21-29)40-39(49)41-34(32)36-37(47-24-28-17-10-5-11-18-28)35(46-23-27-15-8-4-9-16-27)31(48-36)25-44-22-26-13-6-3-7-14-26/h3-21,31,33,35-37,42H,2,22-25H2,1H3,(H2,40,41,49)/t31-,33-,35-,36+,37-/m1/s1. The van der Waals surface area contributed by atoms with Gasteiger partial charge in [0.1, 0.15) is 30.2 Å². The third kappa shape index (κ3) is 8.72. The lowest BCUT2D eigenvalue weighted by atomic mass is 9.91. The molecule has 0 radical (unpaired) electrons. The number of phenols is 1. The number of nitrogens with one attached hydrogen (secondary N) is 2. The Hall–Kier alpha value is -4.58. The Balaban J connectivity index is 1.40. The van der Waals surface area contributed by atoms with Crippen LogP contribution < -0.4 is 10.6 Å². The van der Waals surface area contributed by atoms with Crippen LogP contribution in [0.4, 0.5) is 0 Å². The maximum absolute atomic E-state index is 13.8. The first kappa shape index (κ1) is 34.3. The Labute approximate surface area is 291 Å². The van der Waals surface area contributed by atoms with Crippen LogP contribution >= 0.6 is 12.2 Å². The molecule has 49 heavy (non-hydrogen) atoms. The smallest absolute Gasteiger partial charge is 0.338 e. The van der Waals surface area contributed by atoms with Crippen LogP contribution in [0.3, 0.4) is 0 Å². The minimum Gasteiger partial charge on any atom is -0.508 e. The van der Waals surface area contributed by atoms with E-state index in [1.807, 2.05) is 97.1 Å². The molecule has 2 aliphatic rings. The molecule has 254 valence electrons. The van der Waals surface area contributed by atoms with Gasteiger partial charge in [0, 0.05) is 0 Å². The first-order chi connectivity index (χ1) is 24.0. The van der Waals surface area contributed by atoms with E-state index in [-0.39, 0.29) is 36.3 Å². The van der Waals surface area contributed by atoms with Crippen molar-refractivity contribution in [3.05, 3.63) is 149 Å². The fourth-order valence-electron chi connectivity index (χ4n) is 6.08. The van der Waals surface area contributed by atoms with Crippen molar-refractivity contribution in [1.82, 2.24) is 10.6 Å². The van der Waals surface area contributed by atoms with Crippen LogP contribution in [0.1, 0.15) is 35.2 Å². The van der Waals surface area contributed by atoms with Crippen molar-refractivity contribution in [3.8, 4) is 5.75 Å². The molecule has 1 saturated heterocycles. The highest BCUT2D eigenvalue weighted by molar-refractivity contribution is 7.80. The lowest BCUT2D eigenvalue weighted by Gasteiger charge is -2.34. The Kier molecular flexibility index (Phi) is 11.7. The molecule has 0 aromatic heterocycles. The third-order valence-corrected chi connectivity index (χ3v) is 8.58. The van der Waals surface area contributed by atoms with Gasteiger partial charge in [-0.25, -0.2) is 4.79 Å². The number of carbonyl (C=O) groups is 1. The summed E-state index contributed by atoms with van der Waals surface area (Å²) in [6.07, 6.45) is -2.68. The molecule has 0 bridgehead atoms. The number of esters is 1. The second kappa shape index (κ2) is 16.7. The summed E-state index contributed by atoms with van der Waals surface area (Å²) in [5, 5.41) is 17.0. The fraction of sp³-hybridized carbons (Fsp3) is 0.282. The summed E-state index contributed by atoms with van der Waals surface area (Å²) in [7, 11) is 0. The summed E-state index contributed by atoms with van der Waals surface area (Å²) >= 11 is 5.69. The van der Waals surface area contributed by atoms with E-state index in [1.54, 1.807) is 25.1 Å². The van der Waals surface area contributed by atoms with Crippen LogP contribution in [0.25, 0.3) is 0 Å². The Morgan fingerprint density at radius 2 is 1.39 bits per heavy atom. The molecule has 0 saturated carbocycles. The van der Waals surface area contributed by atoms with E-state index >= 15 is 0 Å². The maximum atomic E-state index is 13.8. The average molecular weight is 681 g/mol. The zero-order chi connectivity index (χ0) is 34.0. The molecule has 6 rings (SSSR count). The molecule has 0 aliphatic carbocycles. The second-order valence-electron chi connectivity index (χ2n) is 11.8. The van der Waals surface area contributed by atoms with Crippen molar-refractivity contribution in [3.63, 3.8) is 0 Å². The third-order valence-electron chi connectivity index (χ3n) is 8.36. The van der Waals surface area contributed by atoms with Crippen molar-refractivity contribution in [2.75, 3.05) is 13.2 Å². The van der Waals surface area contributed by atoms with Gasteiger partial charge in [0.15, 0.2) is 5.11 Å². The Morgan fingerprint density at radius 3 is 1.98 bits per heavy atom. The molecule has 3 N–H and O–H groups in total. The monoisotopic (exact) mass is 680 g/mol. The molecule has 0 spiro atoms. The van der Waals surface area contributed by atoms with E-state index in [9.17, 15) is 9.90 Å². The molecule has 4 aromatic rings. The van der Waals surface area contributed by atoms with E-state index in [0.29, 0.717) is 24.5 Å². The zero-order valence-corrected chi connectivity index (χ0v) is 28.0. The largest absolute Gasteiger partial charge is 0.508 e. The van der Waals surface area contributed by atoms with Gasteiger partial charge in [-0.3, -0.25) is 0 Å². The number of thiocarbonyl (C=S) groups is 1. The summed E-state index contributed by atoms with van der Waals surface area (Å²) in [5.74, 6) is -0.496. The predicted octanol–water partition coefficient (Wildman–Crippen LogP) is 5.88. The highest BCUT2D eigenvalue weighted by atomic mass is 32.1. The van der Waals surface area contributed by atoms with Gasteiger partial charge >= 0.3 is 5.97 Å². The molecule has 1 fully saturated rings. The van der Waals surface area contributed by atoms with Crippen LogP contribution in [-0.4, -0.2) is 53.8 Å². The van der Waals surface area contributed by atoms with Gasteiger partial charge in [-0.05, 0) is 53.5 Å². The number of hydrogen-bond acceptors (Lipinski definition) is 8. The van der Waals surface area contributed by atoms with Gasteiger partial charge < -0.3 is 39.4 Å². The second-order valence-corrected chi connectivity index (χ2v) is 12.2. The van der Waals surface area contributed by atoms with E-state index < -0.39 is 36.4 Å². The SMILES string of the molecule is CCOC(=O)C1=C([C@@H]2O[C@H](COCc3ccccc3)[C@@H](OCc3ccccc3)[C@H]2OCc2ccccc2)NC(=S)N[C@@H]1c1cccc(O)c1. The van der Waals surface area contributed by atoms with Gasteiger partial charge in [0.05, 0.1) is 50.3 Å². The van der Waals surface area contributed by atoms with Crippen molar-refractivity contribution in [2.24, 2.45) is 0 Å². The number of rotatable bonds is 14. The number of benzene rings is 4. The molecular formula is C39H40N2O7S. The average Bonchev–Trinajstić information content (AvgIpc) is 3.47. The molecule has 4 aromatic carbocycles. The van der Waals surface area contributed by atoms with Crippen molar-refractivity contribution >= 4 is 23.3 Å². The maximum Gasteiger partial charge on any atom is 0.338 e. The fourth-order valence-corrected chi connectivity index (χ4v) is 6.31. The van der Waals surface area contributed by atoms with Gasteiger partial charge in [-0.2, -0.15) is 0 Å². The number of aromatic hydroxyl groups is 1. The van der Waals surface area contributed by atoms with Crippen molar-refractivity contribution in [1.29, 1.82) is 0 Å². The molecule has 0 amide bonds. The molecule has 0 unspecified atom stereocenters. The van der Waals surface area contributed by atoms with Crippen LogP contribution in [0, 0.1) is 0 Å². The number of hydrogen-bond donors (Lipinski definition) is 3.